The third-order valence-electron chi connectivity index (χ3n) is 3.55. The molecule has 0 aliphatic rings. The number of rotatable bonds is 3. The van der Waals surface area contributed by atoms with Crippen molar-refractivity contribution in [2.75, 3.05) is 5.73 Å². The van der Waals surface area contributed by atoms with E-state index in [1.54, 1.807) is 12.1 Å². The van der Waals surface area contributed by atoms with E-state index >= 15 is 0 Å². The van der Waals surface area contributed by atoms with E-state index in [-0.39, 0.29) is 5.78 Å². The van der Waals surface area contributed by atoms with Crippen LogP contribution in [0.25, 0.3) is 11.3 Å². The Balaban J connectivity index is 2.09. The number of nitrogens with one attached hydrogen (secondary N) is 1. The number of H-pyrrole nitrogens is 1. The van der Waals surface area contributed by atoms with Crippen LogP contribution in [0.1, 0.15) is 21.6 Å². The molecule has 0 bridgehead atoms. The molecule has 104 valence electrons. The van der Waals surface area contributed by atoms with Crippen LogP contribution in [0.2, 0.25) is 0 Å². The first-order valence-corrected chi connectivity index (χ1v) is 6.81. The molecule has 0 saturated heterocycles. The van der Waals surface area contributed by atoms with Gasteiger partial charge in [0.1, 0.15) is 0 Å². The highest BCUT2D eigenvalue weighted by Crippen LogP contribution is 2.31. The molecule has 0 radical (unpaired) electrons. The average molecular weight is 276 g/mol. The quantitative estimate of drug-likeness (QED) is 0.715. The van der Waals surface area contributed by atoms with Gasteiger partial charge >= 0.3 is 0 Å². The number of hydrogen-bond acceptors (Lipinski definition) is 2. The first-order valence-electron chi connectivity index (χ1n) is 6.81. The lowest BCUT2D eigenvalue weighted by atomic mass is 10.0. The maximum Gasteiger partial charge on any atom is 0.196 e. The summed E-state index contributed by atoms with van der Waals surface area (Å²) in [5.74, 6) is -0.0518. The number of carbonyl (C=O) groups excluding carboxylic acids is 1. The summed E-state index contributed by atoms with van der Waals surface area (Å²) in [7, 11) is 0. The summed E-state index contributed by atoms with van der Waals surface area (Å²) in [6.07, 6.45) is 0. The number of benzene rings is 2. The zero-order valence-corrected chi connectivity index (χ0v) is 11.8. The van der Waals surface area contributed by atoms with E-state index < -0.39 is 0 Å². The van der Waals surface area contributed by atoms with Crippen LogP contribution in [0, 0.1) is 6.92 Å². The molecule has 0 unspecified atom stereocenters. The molecule has 21 heavy (non-hydrogen) atoms. The monoisotopic (exact) mass is 276 g/mol. The fraction of sp³-hybridized carbons (Fsp3) is 0.0556. The van der Waals surface area contributed by atoms with Gasteiger partial charge in [-0.05, 0) is 6.92 Å². The molecule has 0 atom stereocenters. The van der Waals surface area contributed by atoms with E-state index in [0.29, 0.717) is 16.8 Å². The number of aryl methyl sites for hydroxylation is 1. The Morgan fingerprint density at radius 2 is 1.52 bits per heavy atom. The molecule has 0 fully saturated rings. The molecule has 3 aromatic rings. The van der Waals surface area contributed by atoms with E-state index in [1.165, 1.54) is 0 Å². The van der Waals surface area contributed by atoms with Crippen molar-refractivity contribution in [2.45, 2.75) is 6.92 Å². The molecule has 3 N–H and O–H groups in total. The summed E-state index contributed by atoms with van der Waals surface area (Å²) in [6.45, 7) is 1.87. The summed E-state index contributed by atoms with van der Waals surface area (Å²) in [5, 5.41) is 0. The van der Waals surface area contributed by atoms with Gasteiger partial charge in [0.15, 0.2) is 5.78 Å². The molecule has 0 saturated carbocycles. The summed E-state index contributed by atoms with van der Waals surface area (Å²) in [4.78, 5) is 15.9. The Morgan fingerprint density at radius 3 is 2.14 bits per heavy atom. The lowest BCUT2D eigenvalue weighted by Crippen LogP contribution is -2.05. The number of nitrogens with two attached hydrogens (primary N) is 1. The number of ketones is 1. The van der Waals surface area contributed by atoms with Crippen LogP contribution in [0.15, 0.2) is 60.7 Å². The first kappa shape index (κ1) is 13.2. The number of carbonyl (C=O) groups is 1. The van der Waals surface area contributed by atoms with Crippen molar-refractivity contribution in [3.63, 3.8) is 0 Å². The molecule has 3 heteroatoms. The smallest absolute Gasteiger partial charge is 0.196 e. The van der Waals surface area contributed by atoms with Crippen LogP contribution in [-0.4, -0.2) is 10.8 Å². The third kappa shape index (κ3) is 2.34. The van der Waals surface area contributed by atoms with E-state index in [2.05, 4.69) is 4.98 Å². The van der Waals surface area contributed by atoms with Crippen LogP contribution >= 0.6 is 0 Å². The second-order valence-corrected chi connectivity index (χ2v) is 4.97. The Kier molecular flexibility index (Phi) is 3.32. The minimum Gasteiger partial charge on any atom is -0.396 e. The zero-order valence-electron chi connectivity index (χ0n) is 11.8. The predicted octanol–water partition coefficient (Wildman–Crippen LogP) is 3.80. The van der Waals surface area contributed by atoms with Crippen LogP contribution < -0.4 is 5.73 Å². The molecule has 3 rings (SSSR count). The van der Waals surface area contributed by atoms with E-state index in [4.69, 9.17) is 5.73 Å². The summed E-state index contributed by atoms with van der Waals surface area (Å²) in [5.41, 5.74) is 10.5. The van der Waals surface area contributed by atoms with Gasteiger partial charge in [-0.3, -0.25) is 4.79 Å². The van der Waals surface area contributed by atoms with Crippen molar-refractivity contribution < 1.29 is 4.79 Å². The molecule has 2 aromatic carbocycles. The summed E-state index contributed by atoms with van der Waals surface area (Å²) >= 11 is 0. The molecular formula is C18H16N2O. The number of aromatic amines is 1. The van der Waals surface area contributed by atoms with E-state index in [9.17, 15) is 4.79 Å². The Morgan fingerprint density at radius 1 is 0.952 bits per heavy atom. The van der Waals surface area contributed by atoms with Gasteiger partial charge in [0.2, 0.25) is 0 Å². The largest absolute Gasteiger partial charge is 0.396 e. The third-order valence-corrected chi connectivity index (χ3v) is 3.55. The van der Waals surface area contributed by atoms with Crippen LogP contribution in [-0.2, 0) is 0 Å². The minimum absolute atomic E-state index is 0.0518. The Hall–Kier alpha value is -2.81. The number of hydrogen-bond donors (Lipinski definition) is 2. The van der Waals surface area contributed by atoms with Crippen LogP contribution in [0.4, 0.5) is 5.69 Å². The fourth-order valence-electron chi connectivity index (χ4n) is 2.50. The van der Waals surface area contributed by atoms with E-state index in [1.807, 2.05) is 55.5 Å². The zero-order chi connectivity index (χ0) is 14.8. The van der Waals surface area contributed by atoms with Crippen molar-refractivity contribution in [1.29, 1.82) is 0 Å². The maximum absolute atomic E-state index is 12.6. The SMILES string of the molecule is Cc1[nH]c(-c2ccccc2)c(N)c1C(=O)c1ccccc1. The lowest BCUT2D eigenvalue weighted by molar-refractivity contribution is 0.103. The van der Waals surface area contributed by atoms with Gasteiger partial charge in [-0.25, -0.2) is 0 Å². The number of nitrogen functional groups attached to an aromatic ring is 1. The van der Waals surface area contributed by atoms with E-state index in [0.717, 1.165) is 17.0 Å². The molecule has 0 aliphatic carbocycles. The molecule has 0 amide bonds. The Bertz CT molecular complexity index is 774. The molecular weight excluding hydrogens is 260 g/mol. The highest BCUT2D eigenvalue weighted by Gasteiger charge is 2.20. The highest BCUT2D eigenvalue weighted by molar-refractivity contribution is 6.14. The molecule has 3 nitrogen and oxygen atoms in total. The normalized spacial score (nSPS) is 10.5. The maximum atomic E-state index is 12.6. The van der Waals surface area contributed by atoms with Crippen molar-refractivity contribution in [1.82, 2.24) is 4.98 Å². The molecule has 0 spiro atoms. The first-order chi connectivity index (χ1) is 10.2. The number of aromatic nitrogens is 1. The Labute approximate surface area is 123 Å². The topological polar surface area (TPSA) is 58.9 Å². The molecule has 0 aliphatic heterocycles. The van der Waals surface area contributed by atoms with Gasteiger partial charge in [0.25, 0.3) is 0 Å². The van der Waals surface area contributed by atoms with Gasteiger partial charge in [0, 0.05) is 16.8 Å². The van der Waals surface area contributed by atoms with Crippen LogP contribution in [0.3, 0.4) is 0 Å². The standard InChI is InChI=1S/C18H16N2O/c1-12-15(18(21)14-10-6-3-7-11-14)16(19)17(20-12)13-8-4-2-5-9-13/h2-11,20H,19H2,1H3. The van der Waals surface area contributed by atoms with Crippen molar-refractivity contribution in [2.24, 2.45) is 0 Å². The van der Waals surface area contributed by atoms with Crippen molar-refractivity contribution in [3.05, 3.63) is 77.5 Å². The van der Waals surface area contributed by atoms with Gasteiger partial charge in [0.05, 0.1) is 16.9 Å². The molecule has 1 aromatic heterocycles. The second kappa shape index (κ2) is 5.29. The predicted molar refractivity (Wildman–Crippen MR) is 85.3 cm³/mol. The van der Waals surface area contributed by atoms with Gasteiger partial charge in [-0.2, -0.15) is 0 Å². The van der Waals surface area contributed by atoms with Crippen molar-refractivity contribution in [3.8, 4) is 11.3 Å². The van der Waals surface area contributed by atoms with Crippen LogP contribution in [0.5, 0.6) is 0 Å². The second-order valence-electron chi connectivity index (χ2n) is 4.97. The minimum atomic E-state index is -0.0518. The van der Waals surface area contributed by atoms with Gasteiger partial charge < -0.3 is 10.7 Å². The van der Waals surface area contributed by atoms with Crippen molar-refractivity contribution >= 4 is 11.5 Å². The lowest BCUT2D eigenvalue weighted by Gasteiger charge is -2.03. The average Bonchev–Trinajstić information content (AvgIpc) is 2.83. The summed E-state index contributed by atoms with van der Waals surface area (Å²) < 4.78 is 0. The molecule has 1 heterocycles. The van der Waals surface area contributed by atoms with Gasteiger partial charge in [-0.1, -0.05) is 60.7 Å². The van der Waals surface area contributed by atoms with Gasteiger partial charge in [-0.15, -0.1) is 0 Å². The summed E-state index contributed by atoms with van der Waals surface area (Å²) in [6, 6.07) is 19.0. The fourth-order valence-corrected chi connectivity index (χ4v) is 2.50. The number of anilines is 1. The highest BCUT2D eigenvalue weighted by atomic mass is 16.1.